The quantitative estimate of drug-likeness (QED) is 0.308. The van der Waals surface area contributed by atoms with Crippen LogP contribution in [0.4, 0.5) is 10.2 Å². The minimum atomic E-state index is -0.623. The van der Waals surface area contributed by atoms with E-state index >= 15 is 0 Å². The van der Waals surface area contributed by atoms with Gasteiger partial charge in [0.25, 0.3) is 0 Å². The lowest BCUT2D eigenvalue weighted by Crippen LogP contribution is -2.22. The summed E-state index contributed by atoms with van der Waals surface area (Å²) < 4.78 is 21.7. The Labute approximate surface area is 222 Å². The second-order valence-corrected chi connectivity index (χ2v) is 8.98. The zero-order chi connectivity index (χ0) is 25.7. The fourth-order valence-electron chi connectivity index (χ4n) is 4.98. The number of phenols is 1. The first kappa shape index (κ1) is 25.4. The summed E-state index contributed by atoms with van der Waals surface area (Å²) in [6, 6.07) is 10.5. The van der Waals surface area contributed by atoms with Crippen LogP contribution in [0.1, 0.15) is 30.7 Å². The topological polar surface area (TPSA) is 132 Å². The number of aromatic nitrogens is 4. The molecule has 0 saturated carbocycles. The fourth-order valence-corrected chi connectivity index (χ4v) is 4.98. The summed E-state index contributed by atoms with van der Waals surface area (Å²) in [6.07, 6.45) is 4.19. The molecule has 0 aliphatic carbocycles. The van der Waals surface area contributed by atoms with Gasteiger partial charge in [0.15, 0.2) is 5.65 Å². The number of halogens is 2. The predicted octanol–water partition coefficient (Wildman–Crippen LogP) is 4.43. The summed E-state index contributed by atoms with van der Waals surface area (Å²) in [5, 5.41) is 19.8. The average Bonchev–Trinajstić information content (AvgIpc) is 3.29. The van der Waals surface area contributed by atoms with Crippen molar-refractivity contribution in [1.29, 1.82) is 0 Å². The zero-order valence-electron chi connectivity index (χ0n) is 20.3. The van der Waals surface area contributed by atoms with Crippen LogP contribution in [-0.2, 0) is 0 Å². The summed E-state index contributed by atoms with van der Waals surface area (Å²) in [5.41, 5.74) is 8.70. The summed E-state index contributed by atoms with van der Waals surface area (Å²) >= 11 is 0. The first-order valence-corrected chi connectivity index (χ1v) is 11.9. The molecule has 1 atom stereocenters. The maximum atomic E-state index is 14.2. The van der Waals surface area contributed by atoms with Crippen molar-refractivity contribution < 1.29 is 13.9 Å². The van der Waals surface area contributed by atoms with Gasteiger partial charge in [0.2, 0.25) is 0 Å². The second-order valence-electron chi connectivity index (χ2n) is 8.98. The molecular weight excluding hydrogens is 511 g/mol. The minimum Gasteiger partial charge on any atom is -0.508 e. The lowest BCUT2D eigenvalue weighted by Gasteiger charge is -2.21. The van der Waals surface area contributed by atoms with Gasteiger partial charge in [-0.2, -0.15) is 5.10 Å². The Morgan fingerprint density at radius 2 is 1.97 bits per heavy atom. The van der Waals surface area contributed by atoms with E-state index in [1.807, 2.05) is 25.1 Å². The predicted molar refractivity (Wildman–Crippen MR) is 146 cm³/mol. The molecule has 0 radical (unpaired) electrons. The Hall–Kier alpha value is -4.28. The molecule has 0 spiro atoms. The van der Waals surface area contributed by atoms with Crippen molar-refractivity contribution in [3.63, 3.8) is 0 Å². The molecule has 3 aromatic heterocycles. The molecule has 194 valence electrons. The number of fused-ring (bicyclic) bond motifs is 2. The number of nitrogens with zero attached hydrogens (tertiary/aromatic N) is 4. The van der Waals surface area contributed by atoms with E-state index in [2.05, 4.69) is 21.4 Å². The molecule has 5 aromatic rings. The van der Waals surface area contributed by atoms with Crippen LogP contribution in [0.3, 0.4) is 0 Å². The largest absolute Gasteiger partial charge is 0.508 e. The van der Waals surface area contributed by atoms with Crippen LogP contribution in [-0.4, -0.2) is 37.9 Å². The van der Waals surface area contributed by atoms with Crippen LogP contribution in [0.2, 0.25) is 0 Å². The average molecular weight is 535 g/mol. The van der Waals surface area contributed by atoms with Crippen LogP contribution >= 0.6 is 12.4 Å². The number of anilines is 1. The molecule has 38 heavy (non-hydrogen) atoms. The lowest BCUT2D eigenvalue weighted by molar-refractivity contribution is 0.401. The zero-order valence-corrected chi connectivity index (χ0v) is 21.1. The van der Waals surface area contributed by atoms with E-state index in [1.54, 1.807) is 10.7 Å². The molecular formula is C27H24ClFN6O3. The van der Waals surface area contributed by atoms with Crippen molar-refractivity contribution in [2.24, 2.45) is 0 Å². The number of nitrogens with one attached hydrogen (secondary N) is 1. The number of benzene rings is 2. The molecule has 0 saturated heterocycles. The van der Waals surface area contributed by atoms with Gasteiger partial charge in [-0.05, 0) is 49.0 Å². The van der Waals surface area contributed by atoms with Gasteiger partial charge in [0, 0.05) is 23.7 Å². The third-order valence-corrected chi connectivity index (χ3v) is 6.67. The minimum absolute atomic E-state index is 0. The van der Waals surface area contributed by atoms with E-state index in [4.69, 9.17) is 15.2 Å². The van der Waals surface area contributed by atoms with Gasteiger partial charge >= 0.3 is 5.63 Å². The highest BCUT2D eigenvalue weighted by molar-refractivity contribution is 5.99. The lowest BCUT2D eigenvalue weighted by atomic mass is 9.92. The SMILES string of the molecule is CC(c1oc(=O)c2ccccc2c1C1=CCNCC1)n1nc(-c2cc(O)cc(F)c2)c2c(N)ncnc21.Cl. The maximum absolute atomic E-state index is 14.2. The van der Waals surface area contributed by atoms with E-state index in [0.717, 1.165) is 35.6 Å². The van der Waals surface area contributed by atoms with E-state index in [-0.39, 0.29) is 24.0 Å². The van der Waals surface area contributed by atoms with Crippen LogP contribution in [0.5, 0.6) is 5.75 Å². The van der Waals surface area contributed by atoms with Crippen molar-refractivity contribution in [3.8, 4) is 17.0 Å². The molecule has 6 rings (SSSR count). The Bertz CT molecular complexity index is 1760. The highest BCUT2D eigenvalue weighted by Crippen LogP contribution is 2.38. The first-order valence-electron chi connectivity index (χ1n) is 11.9. The van der Waals surface area contributed by atoms with Crippen molar-refractivity contribution >= 4 is 45.6 Å². The van der Waals surface area contributed by atoms with Gasteiger partial charge < -0.3 is 20.6 Å². The van der Waals surface area contributed by atoms with Gasteiger partial charge in [-0.25, -0.2) is 23.8 Å². The highest BCUT2D eigenvalue weighted by Gasteiger charge is 2.27. The van der Waals surface area contributed by atoms with Gasteiger partial charge in [-0.3, -0.25) is 0 Å². The molecule has 0 amide bonds. The molecule has 0 bridgehead atoms. The van der Waals surface area contributed by atoms with Gasteiger partial charge in [-0.15, -0.1) is 12.4 Å². The number of nitrogens with two attached hydrogens (primary N) is 1. The van der Waals surface area contributed by atoms with Crippen LogP contribution < -0.4 is 16.7 Å². The molecule has 4 N–H and O–H groups in total. The Balaban J connectivity index is 0.00000294. The molecule has 2 aromatic carbocycles. The Kier molecular flexibility index (Phi) is 6.60. The number of phenolic OH excluding ortho intramolecular Hbond substituents is 1. The Morgan fingerprint density at radius 3 is 2.71 bits per heavy atom. The van der Waals surface area contributed by atoms with Crippen molar-refractivity contribution in [1.82, 2.24) is 25.1 Å². The molecule has 4 heterocycles. The third-order valence-electron chi connectivity index (χ3n) is 6.67. The molecule has 1 unspecified atom stereocenters. The van der Waals surface area contributed by atoms with Crippen molar-refractivity contribution in [2.75, 3.05) is 18.8 Å². The molecule has 1 aliphatic heterocycles. The Morgan fingerprint density at radius 1 is 1.18 bits per heavy atom. The summed E-state index contributed by atoms with van der Waals surface area (Å²) in [5.74, 6) is -0.279. The van der Waals surface area contributed by atoms with Crippen LogP contribution in [0, 0.1) is 5.82 Å². The standard InChI is InChI=1S/C27H23FN6O3.ClH/c1-14(24-21(15-6-8-30-9-7-15)19-4-2-3-5-20(19)27(36)37-24)34-26-22(25(29)31-13-32-26)23(33-34)16-10-17(28)12-18(35)11-16;/h2-6,10-14,30,35H,7-9H2,1H3,(H2,29,31,32);1H. The number of rotatable bonds is 4. The molecule has 11 heteroatoms. The normalized spacial score (nSPS) is 14.3. The van der Waals surface area contributed by atoms with E-state index in [1.165, 1.54) is 18.5 Å². The molecule has 0 fully saturated rings. The second kappa shape index (κ2) is 9.88. The van der Waals surface area contributed by atoms with Crippen LogP contribution in [0.25, 0.3) is 38.6 Å². The van der Waals surface area contributed by atoms with Crippen LogP contribution in [0.15, 0.2) is 64.1 Å². The molecule has 1 aliphatic rings. The smallest absolute Gasteiger partial charge is 0.343 e. The number of hydrogen-bond donors (Lipinski definition) is 3. The first-order chi connectivity index (χ1) is 17.9. The number of nitrogen functional groups attached to an aromatic ring is 1. The number of aromatic hydroxyl groups is 1. The fraction of sp³-hybridized carbons (Fsp3) is 0.185. The maximum Gasteiger partial charge on any atom is 0.343 e. The summed E-state index contributed by atoms with van der Waals surface area (Å²) in [4.78, 5) is 21.6. The van der Waals surface area contributed by atoms with Crippen molar-refractivity contribution in [2.45, 2.75) is 19.4 Å². The monoisotopic (exact) mass is 534 g/mol. The van der Waals surface area contributed by atoms with Gasteiger partial charge in [0.1, 0.15) is 41.2 Å². The molecule has 9 nitrogen and oxygen atoms in total. The summed E-state index contributed by atoms with van der Waals surface area (Å²) in [6.45, 7) is 3.36. The highest BCUT2D eigenvalue weighted by atomic mass is 35.5. The number of hydrogen-bond acceptors (Lipinski definition) is 8. The summed E-state index contributed by atoms with van der Waals surface area (Å²) in [7, 11) is 0. The van der Waals surface area contributed by atoms with Crippen molar-refractivity contribution in [3.05, 3.63) is 82.4 Å². The third kappa shape index (κ3) is 4.17. The van der Waals surface area contributed by atoms with Gasteiger partial charge in [0.05, 0.1) is 10.8 Å². The van der Waals surface area contributed by atoms with Gasteiger partial charge in [-0.1, -0.05) is 24.3 Å². The van der Waals surface area contributed by atoms with E-state index in [9.17, 15) is 14.3 Å². The van der Waals surface area contributed by atoms with E-state index in [0.29, 0.717) is 40.0 Å². The van der Waals surface area contributed by atoms with E-state index < -0.39 is 17.5 Å².